The highest BCUT2D eigenvalue weighted by molar-refractivity contribution is 6.03. The third-order valence-electron chi connectivity index (χ3n) is 5.87. The van der Waals surface area contributed by atoms with Crippen molar-refractivity contribution in [3.8, 4) is 5.75 Å². The van der Waals surface area contributed by atoms with Crippen molar-refractivity contribution in [2.24, 2.45) is 11.7 Å². The van der Waals surface area contributed by atoms with Crippen LogP contribution in [-0.4, -0.2) is 41.8 Å². The summed E-state index contributed by atoms with van der Waals surface area (Å²) in [6, 6.07) is 4.42. The van der Waals surface area contributed by atoms with Gasteiger partial charge in [0.1, 0.15) is 6.10 Å². The summed E-state index contributed by atoms with van der Waals surface area (Å²) in [6.07, 6.45) is -5.48. The molecule has 3 N–H and O–H groups in total. The van der Waals surface area contributed by atoms with Crippen molar-refractivity contribution in [2.45, 2.75) is 37.6 Å². The number of rotatable bonds is 5. The van der Waals surface area contributed by atoms with Gasteiger partial charge >= 0.3 is 6.18 Å². The minimum Gasteiger partial charge on any atom is -0.493 e. The summed E-state index contributed by atoms with van der Waals surface area (Å²) in [5.74, 6) is -8.19. The van der Waals surface area contributed by atoms with Crippen molar-refractivity contribution in [2.75, 3.05) is 12.4 Å². The van der Waals surface area contributed by atoms with E-state index in [1.54, 1.807) is 0 Å². The van der Waals surface area contributed by atoms with Crippen LogP contribution < -0.4 is 15.8 Å². The molecular formula is C21H20F5N3O4. The second-order valence-electron chi connectivity index (χ2n) is 7.69. The van der Waals surface area contributed by atoms with Crippen LogP contribution in [0.25, 0.3) is 0 Å². The Morgan fingerprint density at radius 2 is 1.91 bits per heavy atom. The topological polar surface area (TPSA) is 104 Å². The Morgan fingerprint density at radius 3 is 2.48 bits per heavy atom. The molecule has 0 saturated carbocycles. The lowest BCUT2D eigenvalue weighted by Gasteiger charge is -2.32. The molecule has 0 aliphatic carbocycles. The summed E-state index contributed by atoms with van der Waals surface area (Å²) >= 11 is 0. The van der Waals surface area contributed by atoms with Crippen LogP contribution in [0.1, 0.15) is 35.8 Å². The van der Waals surface area contributed by atoms with Crippen LogP contribution in [0, 0.1) is 17.6 Å². The Kier molecular flexibility index (Phi) is 6.33. The third-order valence-corrected chi connectivity index (χ3v) is 5.87. The zero-order chi connectivity index (χ0) is 24.7. The largest absolute Gasteiger partial charge is 0.493 e. The molecule has 2 heterocycles. The number of nitrogens with two attached hydrogens (primary N) is 1. The van der Waals surface area contributed by atoms with Crippen LogP contribution in [0.2, 0.25) is 0 Å². The number of hydrogen-bond donors (Lipinski definition) is 2. The van der Waals surface area contributed by atoms with Gasteiger partial charge < -0.3 is 20.5 Å². The zero-order valence-electron chi connectivity index (χ0n) is 17.7. The molecule has 12 heteroatoms. The number of benzene rings is 1. The number of nitrogens with one attached hydrogen (secondary N) is 1. The minimum atomic E-state index is -4.90. The van der Waals surface area contributed by atoms with Crippen molar-refractivity contribution in [3.63, 3.8) is 0 Å². The van der Waals surface area contributed by atoms with E-state index in [0.717, 1.165) is 26.2 Å². The van der Waals surface area contributed by atoms with Crippen LogP contribution >= 0.6 is 0 Å². The van der Waals surface area contributed by atoms with E-state index >= 15 is 0 Å². The van der Waals surface area contributed by atoms with E-state index < -0.39 is 58.9 Å². The van der Waals surface area contributed by atoms with E-state index in [2.05, 4.69) is 10.3 Å². The molecule has 1 saturated heterocycles. The molecule has 1 fully saturated rings. The number of alkyl halides is 3. The van der Waals surface area contributed by atoms with E-state index in [0.29, 0.717) is 0 Å². The van der Waals surface area contributed by atoms with Crippen molar-refractivity contribution in [3.05, 3.63) is 53.4 Å². The van der Waals surface area contributed by atoms with E-state index in [1.807, 2.05) is 0 Å². The predicted molar refractivity (Wildman–Crippen MR) is 106 cm³/mol. The first-order valence-corrected chi connectivity index (χ1v) is 9.65. The molecule has 33 heavy (non-hydrogen) atoms. The quantitative estimate of drug-likeness (QED) is 0.647. The summed E-state index contributed by atoms with van der Waals surface area (Å²) in [4.78, 5) is 28.4. The Bertz CT molecular complexity index is 1090. The Balaban J connectivity index is 2.11. The van der Waals surface area contributed by atoms with E-state index in [4.69, 9.17) is 15.2 Å². The predicted octanol–water partition coefficient (Wildman–Crippen LogP) is 3.55. The highest BCUT2D eigenvalue weighted by Crippen LogP contribution is 2.55. The number of amides is 2. The smallest absolute Gasteiger partial charge is 0.417 e. The number of hydrogen-bond acceptors (Lipinski definition) is 5. The van der Waals surface area contributed by atoms with Gasteiger partial charge in [0.05, 0.1) is 12.8 Å². The van der Waals surface area contributed by atoms with Gasteiger partial charge in [-0.2, -0.15) is 17.6 Å². The summed E-state index contributed by atoms with van der Waals surface area (Å²) in [5, 5.41) is 2.30. The molecule has 7 nitrogen and oxygen atoms in total. The number of halogens is 5. The standard InChI is InChI=1S/C21H20F5N3O4/c1-9-13(10-6-7-11(22)14(23)16(10)32-3)17(33-20(9,2)21(24,25)26)19(31)29-12-5-4-8-28-15(12)18(27)30/h4-9,13,17H,1-3H3,(H2,27,30)(H,29,31). The number of aromatic nitrogens is 1. The number of pyridine rings is 1. The highest BCUT2D eigenvalue weighted by Gasteiger charge is 2.66. The molecule has 2 amide bonds. The first-order chi connectivity index (χ1) is 15.3. The number of ether oxygens (including phenoxy) is 2. The fourth-order valence-corrected chi connectivity index (χ4v) is 3.95. The normalized spacial score (nSPS) is 25.0. The number of carbonyl (C=O) groups is 2. The van der Waals surface area contributed by atoms with Gasteiger partial charge in [-0.15, -0.1) is 0 Å². The monoisotopic (exact) mass is 473 g/mol. The van der Waals surface area contributed by atoms with Crippen molar-refractivity contribution >= 4 is 17.5 Å². The second-order valence-corrected chi connectivity index (χ2v) is 7.69. The maximum atomic E-state index is 14.4. The van der Waals surface area contributed by atoms with Gasteiger partial charge in [0, 0.05) is 23.6 Å². The van der Waals surface area contributed by atoms with E-state index in [-0.39, 0.29) is 16.9 Å². The molecule has 1 aromatic carbocycles. The third kappa shape index (κ3) is 4.10. The van der Waals surface area contributed by atoms with Crippen LogP contribution in [0.5, 0.6) is 5.75 Å². The lowest BCUT2D eigenvalue weighted by atomic mass is 9.77. The molecule has 1 aromatic heterocycles. The maximum Gasteiger partial charge on any atom is 0.417 e. The van der Waals surface area contributed by atoms with Crippen molar-refractivity contribution in [1.29, 1.82) is 0 Å². The first kappa shape index (κ1) is 24.4. The van der Waals surface area contributed by atoms with Gasteiger partial charge in [-0.25, -0.2) is 9.37 Å². The summed E-state index contributed by atoms with van der Waals surface area (Å²) in [6.45, 7) is 1.95. The second kappa shape index (κ2) is 8.58. The molecule has 4 atom stereocenters. The van der Waals surface area contributed by atoms with Gasteiger partial charge in [-0.1, -0.05) is 13.0 Å². The molecule has 2 aromatic rings. The SMILES string of the molecule is COc1c(C2C(C(=O)Nc3cccnc3C(N)=O)OC(C)(C(F)(F)F)C2C)ccc(F)c1F. The lowest BCUT2D eigenvalue weighted by molar-refractivity contribution is -0.272. The number of primary amides is 1. The van der Waals surface area contributed by atoms with Crippen molar-refractivity contribution < 1.29 is 41.0 Å². The Morgan fingerprint density at radius 1 is 1.24 bits per heavy atom. The molecule has 1 aliphatic heterocycles. The van der Waals surface area contributed by atoms with Crippen LogP contribution in [0.3, 0.4) is 0 Å². The van der Waals surface area contributed by atoms with Gasteiger partial charge in [0.15, 0.2) is 22.9 Å². The number of anilines is 1. The van der Waals surface area contributed by atoms with Gasteiger partial charge in [-0.05, 0) is 25.1 Å². The van der Waals surface area contributed by atoms with Gasteiger partial charge in [-0.3, -0.25) is 9.59 Å². The number of nitrogens with zero attached hydrogens (tertiary/aromatic N) is 1. The summed E-state index contributed by atoms with van der Waals surface area (Å²) < 4.78 is 80.1. The molecule has 0 spiro atoms. The fraction of sp³-hybridized carbons (Fsp3) is 0.381. The molecule has 0 radical (unpaired) electrons. The molecule has 4 unspecified atom stereocenters. The van der Waals surface area contributed by atoms with Crippen LogP contribution in [0.4, 0.5) is 27.6 Å². The molecular weight excluding hydrogens is 453 g/mol. The molecule has 1 aliphatic rings. The zero-order valence-corrected chi connectivity index (χ0v) is 17.7. The lowest BCUT2D eigenvalue weighted by Crippen LogP contribution is -2.47. The van der Waals surface area contributed by atoms with Gasteiger partial charge in [0.2, 0.25) is 5.82 Å². The fourth-order valence-electron chi connectivity index (χ4n) is 3.95. The summed E-state index contributed by atoms with van der Waals surface area (Å²) in [7, 11) is 1.02. The Hall–Kier alpha value is -3.28. The maximum absolute atomic E-state index is 14.4. The first-order valence-electron chi connectivity index (χ1n) is 9.65. The van der Waals surface area contributed by atoms with Gasteiger partial charge in [0.25, 0.3) is 11.8 Å². The van der Waals surface area contributed by atoms with Crippen molar-refractivity contribution in [1.82, 2.24) is 4.98 Å². The van der Waals surface area contributed by atoms with Crippen LogP contribution in [-0.2, 0) is 9.53 Å². The molecule has 0 bridgehead atoms. The number of methoxy groups -OCH3 is 1. The highest BCUT2D eigenvalue weighted by atomic mass is 19.4. The molecule has 178 valence electrons. The van der Waals surface area contributed by atoms with E-state index in [9.17, 15) is 31.5 Å². The molecule has 3 rings (SSSR count). The van der Waals surface area contributed by atoms with Crippen LogP contribution in [0.15, 0.2) is 30.5 Å². The minimum absolute atomic E-state index is 0.150. The van der Waals surface area contributed by atoms with E-state index in [1.165, 1.54) is 25.3 Å². The average Bonchev–Trinajstić information content (AvgIpc) is 3.02. The Labute approximate surface area is 185 Å². The summed E-state index contributed by atoms with van der Waals surface area (Å²) in [5.41, 5.74) is 1.76. The number of carbonyl (C=O) groups excluding carboxylic acids is 2. The average molecular weight is 473 g/mol.